The lowest BCUT2D eigenvalue weighted by atomic mass is 10.1. The molecule has 1 aromatic carbocycles. The van der Waals surface area contributed by atoms with E-state index in [1.165, 1.54) is 18.3 Å². The molecule has 0 fully saturated rings. The molecule has 0 aliphatic heterocycles. The van der Waals surface area contributed by atoms with E-state index in [0.717, 1.165) is 6.07 Å². The van der Waals surface area contributed by atoms with E-state index < -0.39 is 9.85 Å². The summed E-state index contributed by atoms with van der Waals surface area (Å²) in [5.41, 5.74) is -0.294. The Labute approximate surface area is 93.4 Å². The van der Waals surface area contributed by atoms with Crippen LogP contribution in [0.25, 0.3) is 11.3 Å². The first-order valence-corrected chi connectivity index (χ1v) is 4.38. The van der Waals surface area contributed by atoms with Crippen LogP contribution in [-0.2, 0) is 0 Å². The molecule has 0 aliphatic carbocycles. The third-order valence-corrected chi connectivity index (χ3v) is 2.08. The predicted octanol–water partition coefficient (Wildman–Crippen LogP) is 1.29. The van der Waals surface area contributed by atoms with Gasteiger partial charge in [0.05, 0.1) is 27.7 Å². The lowest BCUT2D eigenvalue weighted by molar-refractivity contribution is -0.393. The number of non-ortho nitro benzene ring substituents is 1. The van der Waals surface area contributed by atoms with Crippen molar-refractivity contribution in [2.75, 3.05) is 0 Å². The Hall–Kier alpha value is -2.84. The number of nitro benzene ring substituents is 2. The molecule has 1 heterocycles. The molecular weight excluding hydrogens is 230 g/mol. The van der Waals surface area contributed by atoms with Crippen molar-refractivity contribution < 1.29 is 9.85 Å². The van der Waals surface area contributed by atoms with Gasteiger partial charge in [0, 0.05) is 6.07 Å². The Morgan fingerprint density at radius 2 is 1.94 bits per heavy atom. The lowest BCUT2D eigenvalue weighted by Crippen LogP contribution is -1.95. The largest absolute Gasteiger partial charge is 0.285 e. The lowest BCUT2D eigenvalue weighted by Gasteiger charge is -1.98. The Bertz CT molecular complexity index is 580. The highest BCUT2D eigenvalue weighted by Gasteiger charge is 2.21. The van der Waals surface area contributed by atoms with Crippen LogP contribution in [-0.4, -0.2) is 25.3 Å². The molecule has 17 heavy (non-hydrogen) atoms. The summed E-state index contributed by atoms with van der Waals surface area (Å²) in [6, 6.07) is 3.34. The van der Waals surface area contributed by atoms with Crippen molar-refractivity contribution in [3.8, 4) is 11.3 Å². The minimum absolute atomic E-state index is 0.175. The molecule has 0 amide bonds. The number of hydrogen-bond acceptors (Lipinski definition) is 6. The fraction of sp³-hybridized carbons (Fsp3) is 0. The van der Waals surface area contributed by atoms with Gasteiger partial charge in [-0.1, -0.05) is 0 Å². The average molecular weight is 235 g/mol. The zero-order valence-electron chi connectivity index (χ0n) is 8.23. The summed E-state index contributed by atoms with van der Waals surface area (Å²) in [7, 11) is 0. The smallest absolute Gasteiger partial charge is 0.258 e. The second kappa shape index (κ2) is 3.96. The third kappa shape index (κ3) is 1.93. The predicted molar refractivity (Wildman–Crippen MR) is 55.1 cm³/mol. The zero-order valence-corrected chi connectivity index (χ0v) is 8.23. The first-order chi connectivity index (χ1) is 8.09. The van der Waals surface area contributed by atoms with Crippen molar-refractivity contribution in [3.05, 3.63) is 44.6 Å². The van der Waals surface area contributed by atoms with Crippen LogP contribution >= 0.6 is 0 Å². The van der Waals surface area contributed by atoms with E-state index >= 15 is 0 Å². The molecule has 0 spiro atoms. The highest BCUT2D eigenvalue weighted by Crippen LogP contribution is 2.31. The van der Waals surface area contributed by atoms with Gasteiger partial charge in [-0.25, -0.2) is 0 Å². The summed E-state index contributed by atoms with van der Waals surface area (Å²) in [5.74, 6) is 0. The van der Waals surface area contributed by atoms with Crippen molar-refractivity contribution in [2.45, 2.75) is 0 Å². The standard InChI is InChI=1S/C8H5N5O4/c14-12(15)5-1-2-6(7-4-9-11-10-7)8(3-5)13(16)17/h1-4H,(H,9,10,11). The summed E-state index contributed by atoms with van der Waals surface area (Å²) in [5, 5.41) is 30.9. The molecule has 0 saturated heterocycles. The first kappa shape index (κ1) is 10.7. The Morgan fingerprint density at radius 1 is 1.18 bits per heavy atom. The van der Waals surface area contributed by atoms with Gasteiger partial charge in [-0.05, 0) is 6.07 Å². The molecule has 9 nitrogen and oxygen atoms in total. The Balaban J connectivity index is 2.61. The van der Waals surface area contributed by atoms with Gasteiger partial charge in [0.1, 0.15) is 5.69 Å². The average Bonchev–Trinajstić information content (AvgIpc) is 2.81. The minimum atomic E-state index is -0.697. The monoisotopic (exact) mass is 235 g/mol. The number of benzene rings is 1. The van der Waals surface area contributed by atoms with E-state index in [2.05, 4.69) is 15.4 Å². The highest BCUT2D eigenvalue weighted by molar-refractivity contribution is 5.71. The summed E-state index contributed by atoms with van der Waals surface area (Å²) in [6.45, 7) is 0. The fourth-order valence-electron chi connectivity index (χ4n) is 1.33. The Kier molecular flexibility index (Phi) is 2.49. The van der Waals surface area contributed by atoms with Crippen molar-refractivity contribution >= 4 is 11.4 Å². The Morgan fingerprint density at radius 3 is 2.47 bits per heavy atom. The number of aromatic amines is 1. The van der Waals surface area contributed by atoms with E-state index in [0.29, 0.717) is 0 Å². The molecule has 0 unspecified atom stereocenters. The van der Waals surface area contributed by atoms with Gasteiger partial charge < -0.3 is 0 Å². The molecular formula is C8H5N5O4. The number of nitrogens with zero attached hydrogens (tertiary/aromatic N) is 4. The molecule has 86 valence electrons. The second-order valence-electron chi connectivity index (χ2n) is 3.07. The molecule has 9 heteroatoms. The third-order valence-electron chi connectivity index (χ3n) is 2.08. The zero-order chi connectivity index (χ0) is 12.4. The maximum absolute atomic E-state index is 10.8. The van der Waals surface area contributed by atoms with Gasteiger partial charge in [-0.3, -0.25) is 20.2 Å². The van der Waals surface area contributed by atoms with Crippen molar-refractivity contribution in [3.63, 3.8) is 0 Å². The topological polar surface area (TPSA) is 128 Å². The second-order valence-corrected chi connectivity index (χ2v) is 3.07. The van der Waals surface area contributed by atoms with E-state index in [1.807, 2.05) is 0 Å². The van der Waals surface area contributed by atoms with Gasteiger partial charge >= 0.3 is 0 Å². The quantitative estimate of drug-likeness (QED) is 0.630. The van der Waals surface area contributed by atoms with Gasteiger partial charge in [-0.2, -0.15) is 15.4 Å². The number of H-pyrrole nitrogens is 1. The number of hydrogen-bond donors (Lipinski definition) is 1. The molecule has 1 N–H and O–H groups in total. The highest BCUT2D eigenvalue weighted by atomic mass is 16.6. The van der Waals surface area contributed by atoms with Crippen molar-refractivity contribution in [1.29, 1.82) is 0 Å². The molecule has 2 rings (SSSR count). The summed E-state index contributed by atoms with van der Waals surface area (Å²) < 4.78 is 0. The summed E-state index contributed by atoms with van der Waals surface area (Å²) in [4.78, 5) is 19.9. The van der Waals surface area contributed by atoms with Crippen LogP contribution in [0.15, 0.2) is 24.4 Å². The molecule has 0 radical (unpaired) electrons. The van der Waals surface area contributed by atoms with Crippen LogP contribution in [0.3, 0.4) is 0 Å². The summed E-state index contributed by atoms with van der Waals surface area (Å²) >= 11 is 0. The fourth-order valence-corrected chi connectivity index (χ4v) is 1.33. The van der Waals surface area contributed by atoms with Crippen LogP contribution in [0.5, 0.6) is 0 Å². The van der Waals surface area contributed by atoms with E-state index in [4.69, 9.17) is 0 Å². The van der Waals surface area contributed by atoms with Gasteiger partial charge in [0.15, 0.2) is 0 Å². The first-order valence-electron chi connectivity index (χ1n) is 4.38. The van der Waals surface area contributed by atoms with E-state index in [1.54, 1.807) is 0 Å². The molecule has 0 aliphatic rings. The van der Waals surface area contributed by atoms with Gasteiger partial charge in [-0.15, -0.1) is 0 Å². The molecule has 0 saturated carbocycles. The van der Waals surface area contributed by atoms with E-state index in [9.17, 15) is 20.2 Å². The normalized spacial score (nSPS) is 10.1. The number of nitrogens with one attached hydrogen (secondary N) is 1. The van der Waals surface area contributed by atoms with Crippen LogP contribution < -0.4 is 0 Å². The SMILES string of the molecule is O=[N+]([O-])c1ccc(-c2cn[nH]n2)c([N+](=O)[O-])c1. The minimum Gasteiger partial charge on any atom is -0.258 e. The molecule has 2 aromatic rings. The van der Waals surface area contributed by atoms with Crippen LogP contribution in [0.4, 0.5) is 11.4 Å². The van der Waals surface area contributed by atoms with E-state index in [-0.39, 0.29) is 22.6 Å². The maximum atomic E-state index is 10.8. The van der Waals surface area contributed by atoms with Crippen LogP contribution in [0.1, 0.15) is 0 Å². The van der Waals surface area contributed by atoms with Crippen molar-refractivity contribution in [1.82, 2.24) is 15.4 Å². The molecule has 1 aromatic heterocycles. The van der Waals surface area contributed by atoms with Crippen molar-refractivity contribution in [2.24, 2.45) is 0 Å². The summed E-state index contributed by atoms with van der Waals surface area (Å²) in [6.07, 6.45) is 1.30. The number of rotatable bonds is 3. The molecule has 0 bridgehead atoms. The van der Waals surface area contributed by atoms with Crippen LogP contribution in [0, 0.1) is 20.2 Å². The molecule has 0 atom stereocenters. The maximum Gasteiger partial charge on any atom is 0.285 e. The number of nitro groups is 2. The van der Waals surface area contributed by atoms with Gasteiger partial charge in [0.2, 0.25) is 0 Å². The van der Waals surface area contributed by atoms with Crippen LogP contribution in [0.2, 0.25) is 0 Å². The van der Waals surface area contributed by atoms with Gasteiger partial charge in [0.25, 0.3) is 11.4 Å². The number of aromatic nitrogens is 3.